The van der Waals surface area contributed by atoms with E-state index in [1.165, 1.54) is 5.56 Å². The van der Waals surface area contributed by atoms with E-state index in [2.05, 4.69) is 19.1 Å². The van der Waals surface area contributed by atoms with Gasteiger partial charge in [-0.25, -0.2) is 0 Å². The summed E-state index contributed by atoms with van der Waals surface area (Å²) in [6.07, 6.45) is 2.17. The Morgan fingerprint density at radius 2 is 1.47 bits per heavy atom. The van der Waals surface area contributed by atoms with Crippen molar-refractivity contribution in [1.82, 2.24) is 0 Å². The van der Waals surface area contributed by atoms with E-state index in [1.807, 2.05) is 6.07 Å². The fourth-order valence-electron chi connectivity index (χ4n) is 1.97. The molecule has 0 radical (unpaired) electrons. The zero-order chi connectivity index (χ0) is 13.3. The third-order valence-electron chi connectivity index (χ3n) is 2.89. The van der Waals surface area contributed by atoms with Crippen molar-refractivity contribution in [3.8, 4) is 11.5 Å². The quantitative estimate of drug-likeness (QED) is 0.824. The van der Waals surface area contributed by atoms with Gasteiger partial charge in [-0.2, -0.15) is 0 Å². The molecule has 0 fully saturated rings. The van der Waals surface area contributed by atoms with Gasteiger partial charge in [-0.1, -0.05) is 19.4 Å². The molecule has 1 aliphatic heterocycles. The second kappa shape index (κ2) is 8.02. The van der Waals surface area contributed by atoms with E-state index in [4.69, 9.17) is 18.9 Å². The van der Waals surface area contributed by atoms with Gasteiger partial charge < -0.3 is 18.9 Å². The van der Waals surface area contributed by atoms with Crippen LogP contribution >= 0.6 is 0 Å². The molecule has 0 aromatic heterocycles. The van der Waals surface area contributed by atoms with E-state index in [-0.39, 0.29) is 0 Å². The molecule has 0 spiro atoms. The monoisotopic (exact) mass is 266 g/mol. The Kier molecular flexibility index (Phi) is 5.98. The Labute approximate surface area is 114 Å². The standard InChI is InChI=1S/C15H22O4/c1-2-3-13-4-5-14-15(12-13)19-11-9-17-7-6-16-8-10-18-14/h4-5,12H,2-3,6-11H2,1H3. The molecule has 4 nitrogen and oxygen atoms in total. The van der Waals surface area contributed by atoms with Crippen molar-refractivity contribution >= 4 is 0 Å². The number of rotatable bonds is 2. The molecule has 4 heteroatoms. The summed E-state index contributed by atoms with van der Waals surface area (Å²) in [6.45, 7) is 5.58. The molecule has 0 amide bonds. The van der Waals surface area contributed by atoms with E-state index in [1.54, 1.807) is 0 Å². The predicted octanol–water partition coefficient (Wildman–Crippen LogP) is 2.44. The Morgan fingerprint density at radius 3 is 2.16 bits per heavy atom. The fourth-order valence-corrected chi connectivity index (χ4v) is 1.97. The third kappa shape index (κ3) is 4.73. The number of fused-ring (bicyclic) bond motifs is 1. The first kappa shape index (κ1) is 14.2. The molecule has 1 aromatic rings. The maximum Gasteiger partial charge on any atom is 0.161 e. The van der Waals surface area contributed by atoms with Gasteiger partial charge >= 0.3 is 0 Å². The summed E-state index contributed by atoms with van der Waals surface area (Å²) in [5.41, 5.74) is 1.27. The average molecular weight is 266 g/mol. The van der Waals surface area contributed by atoms with Crippen LogP contribution in [0.4, 0.5) is 0 Å². The molecule has 0 atom stereocenters. The lowest BCUT2D eigenvalue weighted by Crippen LogP contribution is -2.15. The largest absolute Gasteiger partial charge is 0.487 e. The maximum absolute atomic E-state index is 5.76. The summed E-state index contributed by atoms with van der Waals surface area (Å²) in [4.78, 5) is 0. The van der Waals surface area contributed by atoms with Gasteiger partial charge in [0.05, 0.1) is 26.4 Å². The van der Waals surface area contributed by atoms with Crippen molar-refractivity contribution in [2.24, 2.45) is 0 Å². The first-order valence-corrected chi connectivity index (χ1v) is 6.94. The molecule has 19 heavy (non-hydrogen) atoms. The summed E-state index contributed by atoms with van der Waals surface area (Å²) >= 11 is 0. The van der Waals surface area contributed by atoms with Gasteiger partial charge in [0.15, 0.2) is 11.5 Å². The molecular formula is C15H22O4. The fraction of sp³-hybridized carbons (Fsp3) is 0.600. The molecule has 0 unspecified atom stereocenters. The minimum absolute atomic E-state index is 0.531. The van der Waals surface area contributed by atoms with Crippen LogP contribution in [0, 0.1) is 0 Å². The lowest BCUT2D eigenvalue weighted by molar-refractivity contribution is 0.0223. The van der Waals surface area contributed by atoms with Gasteiger partial charge in [-0.3, -0.25) is 0 Å². The van der Waals surface area contributed by atoms with Crippen LogP contribution in [0.1, 0.15) is 18.9 Å². The van der Waals surface area contributed by atoms with Crippen molar-refractivity contribution in [3.05, 3.63) is 23.8 Å². The highest BCUT2D eigenvalue weighted by atomic mass is 16.6. The van der Waals surface area contributed by atoms with E-state index < -0.39 is 0 Å². The number of hydrogen-bond donors (Lipinski definition) is 0. The van der Waals surface area contributed by atoms with E-state index in [0.717, 1.165) is 24.3 Å². The van der Waals surface area contributed by atoms with Crippen molar-refractivity contribution in [2.75, 3.05) is 39.6 Å². The van der Waals surface area contributed by atoms with Crippen molar-refractivity contribution in [2.45, 2.75) is 19.8 Å². The average Bonchev–Trinajstić information content (AvgIpc) is 2.41. The third-order valence-corrected chi connectivity index (χ3v) is 2.89. The Balaban J connectivity index is 2.06. The van der Waals surface area contributed by atoms with Crippen LogP contribution in [-0.2, 0) is 15.9 Å². The van der Waals surface area contributed by atoms with Crippen LogP contribution in [-0.4, -0.2) is 39.6 Å². The van der Waals surface area contributed by atoms with Crippen molar-refractivity contribution in [1.29, 1.82) is 0 Å². The lowest BCUT2D eigenvalue weighted by Gasteiger charge is -2.16. The minimum atomic E-state index is 0.531. The molecule has 0 bridgehead atoms. The van der Waals surface area contributed by atoms with Gasteiger partial charge in [0, 0.05) is 0 Å². The lowest BCUT2D eigenvalue weighted by atomic mass is 10.1. The zero-order valence-corrected chi connectivity index (χ0v) is 11.5. The molecule has 0 N–H and O–H groups in total. The highest BCUT2D eigenvalue weighted by Crippen LogP contribution is 2.29. The number of ether oxygens (including phenoxy) is 4. The maximum atomic E-state index is 5.76. The number of benzene rings is 1. The van der Waals surface area contributed by atoms with Gasteiger partial charge in [0.2, 0.25) is 0 Å². The summed E-state index contributed by atoms with van der Waals surface area (Å²) in [7, 11) is 0. The molecule has 2 rings (SSSR count). The van der Waals surface area contributed by atoms with E-state index >= 15 is 0 Å². The van der Waals surface area contributed by atoms with Crippen LogP contribution in [0.5, 0.6) is 11.5 Å². The highest BCUT2D eigenvalue weighted by Gasteiger charge is 2.08. The molecule has 0 saturated heterocycles. The molecule has 0 saturated carbocycles. The van der Waals surface area contributed by atoms with Gasteiger partial charge in [-0.05, 0) is 24.1 Å². The summed E-state index contributed by atoms with van der Waals surface area (Å²) in [5.74, 6) is 1.58. The van der Waals surface area contributed by atoms with Gasteiger partial charge in [-0.15, -0.1) is 0 Å². The first-order valence-electron chi connectivity index (χ1n) is 6.94. The molecular weight excluding hydrogens is 244 g/mol. The molecule has 106 valence electrons. The van der Waals surface area contributed by atoms with Crippen LogP contribution in [0.2, 0.25) is 0 Å². The Morgan fingerprint density at radius 1 is 0.842 bits per heavy atom. The van der Waals surface area contributed by atoms with Crippen LogP contribution in [0.3, 0.4) is 0 Å². The van der Waals surface area contributed by atoms with Crippen molar-refractivity contribution < 1.29 is 18.9 Å². The van der Waals surface area contributed by atoms with Crippen LogP contribution in [0.15, 0.2) is 18.2 Å². The van der Waals surface area contributed by atoms with E-state index in [0.29, 0.717) is 39.6 Å². The highest BCUT2D eigenvalue weighted by molar-refractivity contribution is 5.43. The predicted molar refractivity (Wildman–Crippen MR) is 73.1 cm³/mol. The first-order chi connectivity index (χ1) is 9.40. The topological polar surface area (TPSA) is 36.9 Å². The molecule has 1 aliphatic rings. The number of hydrogen-bond acceptors (Lipinski definition) is 4. The minimum Gasteiger partial charge on any atom is -0.487 e. The van der Waals surface area contributed by atoms with Crippen molar-refractivity contribution in [3.63, 3.8) is 0 Å². The Bertz CT molecular complexity index is 378. The smallest absolute Gasteiger partial charge is 0.161 e. The van der Waals surface area contributed by atoms with Gasteiger partial charge in [0.1, 0.15) is 13.2 Å². The summed E-state index contributed by atoms with van der Waals surface area (Å²) in [6, 6.07) is 6.13. The molecule has 0 aliphatic carbocycles. The van der Waals surface area contributed by atoms with Crippen LogP contribution in [0.25, 0.3) is 0 Å². The molecule has 1 aromatic carbocycles. The molecule has 1 heterocycles. The second-order valence-electron chi connectivity index (χ2n) is 4.45. The van der Waals surface area contributed by atoms with Gasteiger partial charge in [0.25, 0.3) is 0 Å². The second-order valence-corrected chi connectivity index (χ2v) is 4.45. The number of aryl methyl sites for hydroxylation is 1. The SMILES string of the molecule is CCCc1ccc2c(c1)OCCOCCOCCO2. The van der Waals surface area contributed by atoms with E-state index in [9.17, 15) is 0 Å². The normalized spacial score (nSPS) is 17.3. The summed E-state index contributed by atoms with van der Waals surface area (Å²) in [5, 5.41) is 0. The van der Waals surface area contributed by atoms with Crippen LogP contribution < -0.4 is 9.47 Å². The Hall–Kier alpha value is -1.26. The summed E-state index contributed by atoms with van der Waals surface area (Å²) < 4.78 is 22.3. The zero-order valence-electron chi connectivity index (χ0n) is 11.5.